The minimum Gasteiger partial charge on any atom is -0.354 e. The normalized spacial score (nSPS) is 10.5. The summed E-state index contributed by atoms with van der Waals surface area (Å²) < 4.78 is 2.05. The van der Waals surface area contributed by atoms with Gasteiger partial charge in [-0.25, -0.2) is 0 Å². The molecule has 0 unspecified atom stereocenters. The number of rotatable bonds is 5. The van der Waals surface area contributed by atoms with Gasteiger partial charge in [0.25, 0.3) is 0 Å². The number of carbonyl (C=O) groups is 1. The molecule has 3 heteroatoms. The van der Waals surface area contributed by atoms with Crippen LogP contribution in [0.4, 0.5) is 0 Å². The molecule has 0 atom stereocenters. The van der Waals surface area contributed by atoms with E-state index in [1.54, 1.807) is 0 Å². The van der Waals surface area contributed by atoms with Crippen LogP contribution in [0.25, 0.3) is 0 Å². The fourth-order valence-electron chi connectivity index (χ4n) is 1.29. The molecule has 0 bridgehead atoms. The summed E-state index contributed by atoms with van der Waals surface area (Å²) in [6.45, 7) is 5.65. The molecule has 0 saturated carbocycles. The minimum atomic E-state index is 0.146. The monoisotopic (exact) mass is 194 g/mol. The molecule has 1 heterocycles. The van der Waals surface area contributed by atoms with Crippen LogP contribution in [0.5, 0.6) is 0 Å². The van der Waals surface area contributed by atoms with E-state index in [-0.39, 0.29) is 5.91 Å². The average molecular weight is 194 g/mol. The zero-order chi connectivity index (χ0) is 10.4. The predicted molar refractivity (Wildman–Crippen MR) is 56.9 cm³/mol. The summed E-state index contributed by atoms with van der Waals surface area (Å²) in [6.07, 6.45) is 4.61. The first kappa shape index (κ1) is 10.8. The average Bonchev–Trinajstić information content (AvgIpc) is 2.55. The smallest absolute Gasteiger partial charge is 0.220 e. The topological polar surface area (TPSA) is 34.0 Å². The summed E-state index contributed by atoms with van der Waals surface area (Å²) in [6, 6.07) is 3.96. The highest BCUT2D eigenvalue weighted by atomic mass is 16.1. The van der Waals surface area contributed by atoms with Gasteiger partial charge in [0.05, 0.1) is 0 Å². The number of carbonyl (C=O) groups excluding carboxylic acids is 1. The second-order valence-corrected chi connectivity index (χ2v) is 3.87. The Labute approximate surface area is 85.1 Å². The van der Waals surface area contributed by atoms with Crippen LogP contribution >= 0.6 is 0 Å². The van der Waals surface area contributed by atoms with Crippen LogP contribution in [-0.4, -0.2) is 17.0 Å². The number of hydrogen-bond donors (Lipinski definition) is 1. The summed E-state index contributed by atoms with van der Waals surface area (Å²) in [4.78, 5) is 11.3. The van der Waals surface area contributed by atoms with Gasteiger partial charge in [-0.05, 0) is 18.1 Å². The maximum absolute atomic E-state index is 11.3. The molecule has 0 aromatic carbocycles. The molecule has 3 nitrogen and oxygen atoms in total. The van der Waals surface area contributed by atoms with Crippen molar-refractivity contribution >= 4 is 5.91 Å². The molecule has 1 amide bonds. The van der Waals surface area contributed by atoms with Gasteiger partial charge in [-0.3, -0.25) is 4.79 Å². The molecule has 0 spiro atoms. The van der Waals surface area contributed by atoms with E-state index in [2.05, 4.69) is 9.88 Å². The van der Waals surface area contributed by atoms with Crippen molar-refractivity contribution in [2.45, 2.75) is 26.8 Å². The molecular weight excluding hydrogens is 176 g/mol. The number of nitrogens with one attached hydrogen (secondary N) is 1. The third-order valence-electron chi connectivity index (χ3n) is 1.95. The first-order valence-corrected chi connectivity index (χ1v) is 5.06. The summed E-state index contributed by atoms with van der Waals surface area (Å²) in [5.74, 6) is 0.578. The van der Waals surface area contributed by atoms with Gasteiger partial charge in [0.15, 0.2) is 0 Å². The zero-order valence-electron chi connectivity index (χ0n) is 8.86. The molecule has 1 aromatic heterocycles. The lowest BCUT2D eigenvalue weighted by atomic mass is 10.1. The molecule has 1 aromatic rings. The van der Waals surface area contributed by atoms with Gasteiger partial charge in [-0.1, -0.05) is 13.8 Å². The molecule has 0 aliphatic carbocycles. The molecule has 78 valence electrons. The third-order valence-corrected chi connectivity index (χ3v) is 1.95. The van der Waals surface area contributed by atoms with Crippen molar-refractivity contribution in [2.75, 3.05) is 6.54 Å². The molecule has 14 heavy (non-hydrogen) atoms. The minimum absolute atomic E-state index is 0.146. The van der Waals surface area contributed by atoms with E-state index < -0.39 is 0 Å². The second-order valence-electron chi connectivity index (χ2n) is 3.87. The highest BCUT2D eigenvalue weighted by Gasteiger charge is 2.02. The Kier molecular flexibility index (Phi) is 4.23. The van der Waals surface area contributed by atoms with Crippen LogP contribution in [0, 0.1) is 5.92 Å². The van der Waals surface area contributed by atoms with Gasteiger partial charge in [-0.15, -0.1) is 0 Å². The van der Waals surface area contributed by atoms with Crippen molar-refractivity contribution in [2.24, 2.45) is 5.92 Å². The highest BCUT2D eigenvalue weighted by molar-refractivity contribution is 5.75. The first-order valence-electron chi connectivity index (χ1n) is 5.06. The van der Waals surface area contributed by atoms with E-state index in [1.807, 2.05) is 38.4 Å². The van der Waals surface area contributed by atoms with Crippen LogP contribution in [0.2, 0.25) is 0 Å². The van der Waals surface area contributed by atoms with Crippen LogP contribution < -0.4 is 5.32 Å². The van der Waals surface area contributed by atoms with Crippen LogP contribution in [0.15, 0.2) is 24.5 Å². The van der Waals surface area contributed by atoms with Gasteiger partial charge in [0.2, 0.25) is 5.91 Å². The fourth-order valence-corrected chi connectivity index (χ4v) is 1.29. The third kappa shape index (κ3) is 4.12. The van der Waals surface area contributed by atoms with Crippen molar-refractivity contribution in [3.63, 3.8) is 0 Å². The van der Waals surface area contributed by atoms with E-state index in [0.29, 0.717) is 18.9 Å². The van der Waals surface area contributed by atoms with E-state index >= 15 is 0 Å². The van der Waals surface area contributed by atoms with Crippen LogP contribution in [0.1, 0.15) is 20.3 Å². The van der Waals surface area contributed by atoms with Crippen molar-refractivity contribution in [1.82, 2.24) is 9.88 Å². The van der Waals surface area contributed by atoms with Crippen molar-refractivity contribution in [3.8, 4) is 0 Å². The first-order chi connectivity index (χ1) is 6.68. The number of hydrogen-bond acceptors (Lipinski definition) is 1. The maximum atomic E-state index is 11.3. The van der Waals surface area contributed by atoms with E-state index in [0.717, 1.165) is 6.54 Å². The molecule has 0 fully saturated rings. The lowest BCUT2D eigenvalue weighted by molar-refractivity contribution is -0.121. The van der Waals surface area contributed by atoms with E-state index in [9.17, 15) is 4.79 Å². The van der Waals surface area contributed by atoms with Gasteiger partial charge in [0.1, 0.15) is 0 Å². The number of nitrogens with zero attached hydrogens (tertiary/aromatic N) is 1. The Morgan fingerprint density at radius 2 is 2.00 bits per heavy atom. The molecular formula is C11H18N2O. The SMILES string of the molecule is CC(C)CC(=O)NCCn1cccc1. The van der Waals surface area contributed by atoms with Crippen molar-refractivity contribution < 1.29 is 4.79 Å². The molecule has 1 N–H and O–H groups in total. The lowest BCUT2D eigenvalue weighted by Crippen LogP contribution is -2.27. The molecule has 0 aliphatic rings. The van der Waals surface area contributed by atoms with Gasteiger partial charge in [0, 0.05) is 31.9 Å². The Bertz CT molecular complexity index is 265. The largest absolute Gasteiger partial charge is 0.354 e. The summed E-state index contributed by atoms with van der Waals surface area (Å²) in [7, 11) is 0. The van der Waals surface area contributed by atoms with E-state index in [4.69, 9.17) is 0 Å². The predicted octanol–water partition coefficient (Wildman–Crippen LogP) is 1.65. The quantitative estimate of drug-likeness (QED) is 0.759. The molecule has 0 aliphatic heterocycles. The summed E-state index contributed by atoms with van der Waals surface area (Å²) in [5, 5.41) is 2.89. The number of amides is 1. The maximum Gasteiger partial charge on any atom is 0.220 e. The van der Waals surface area contributed by atoms with Crippen LogP contribution in [-0.2, 0) is 11.3 Å². The van der Waals surface area contributed by atoms with E-state index in [1.165, 1.54) is 0 Å². The lowest BCUT2D eigenvalue weighted by Gasteiger charge is -2.07. The van der Waals surface area contributed by atoms with Gasteiger partial charge in [-0.2, -0.15) is 0 Å². The Morgan fingerprint density at radius 1 is 1.36 bits per heavy atom. The zero-order valence-corrected chi connectivity index (χ0v) is 8.86. The Balaban J connectivity index is 2.12. The van der Waals surface area contributed by atoms with Crippen molar-refractivity contribution in [3.05, 3.63) is 24.5 Å². The Morgan fingerprint density at radius 3 is 2.57 bits per heavy atom. The molecule has 0 saturated heterocycles. The Hall–Kier alpha value is -1.25. The standard InChI is InChI=1S/C11H18N2O/c1-10(2)9-11(14)12-5-8-13-6-3-4-7-13/h3-4,6-7,10H,5,8-9H2,1-2H3,(H,12,14). The van der Waals surface area contributed by atoms with Crippen LogP contribution in [0.3, 0.4) is 0 Å². The van der Waals surface area contributed by atoms with Gasteiger partial charge < -0.3 is 9.88 Å². The second kappa shape index (κ2) is 5.47. The van der Waals surface area contributed by atoms with Crippen molar-refractivity contribution in [1.29, 1.82) is 0 Å². The molecule has 0 radical (unpaired) electrons. The summed E-state index contributed by atoms with van der Waals surface area (Å²) in [5.41, 5.74) is 0. The number of aromatic nitrogens is 1. The highest BCUT2D eigenvalue weighted by Crippen LogP contribution is 1.97. The summed E-state index contributed by atoms with van der Waals surface area (Å²) >= 11 is 0. The fraction of sp³-hybridized carbons (Fsp3) is 0.545. The molecule has 1 rings (SSSR count). The van der Waals surface area contributed by atoms with Gasteiger partial charge >= 0.3 is 0 Å².